The van der Waals surface area contributed by atoms with Crippen LogP contribution in [0.5, 0.6) is 0 Å². The van der Waals surface area contributed by atoms with Gasteiger partial charge in [-0.25, -0.2) is 9.78 Å². The van der Waals surface area contributed by atoms with Crippen molar-refractivity contribution in [2.75, 3.05) is 17.7 Å². The summed E-state index contributed by atoms with van der Waals surface area (Å²) in [7, 11) is 0. The van der Waals surface area contributed by atoms with E-state index in [2.05, 4.69) is 17.2 Å². The number of rotatable bonds is 7. The second-order valence-corrected chi connectivity index (χ2v) is 7.03. The highest BCUT2D eigenvalue weighted by atomic mass is 32.1. The molecule has 0 fully saturated rings. The molecule has 3 N–H and O–H groups in total. The van der Waals surface area contributed by atoms with E-state index >= 15 is 0 Å². The predicted molar refractivity (Wildman–Crippen MR) is 111 cm³/mol. The minimum atomic E-state index is -0.366. The lowest BCUT2D eigenvalue weighted by Gasteiger charge is -2.04. The van der Waals surface area contributed by atoms with Gasteiger partial charge in [0.15, 0.2) is 5.13 Å². The molecule has 0 saturated heterocycles. The van der Waals surface area contributed by atoms with Gasteiger partial charge in [0.05, 0.1) is 12.2 Å². The number of ketones is 1. The predicted octanol–water partition coefficient (Wildman–Crippen LogP) is 4.44. The van der Waals surface area contributed by atoms with Crippen molar-refractivity contribution in [1.29, 1.82) is 0 Å². The Morgan fingerprint density at radius 3 is 2.29 bits per heavy atom. The molecule has 1 aromatic heterocycles. The Hall–Kier alpha value is -3.19. The van der Waals surface area contributed by atoms with E-state index in [0.29, 0.717) is 27.7 Å². The maximum absolute atomic E-state index is 12.7. The molecule has 0 atom stereocenters. The Morgan fingerprint density at radius 2 is 1.68 bits per heavy atom. The number of nitrogens with one attached hydrogen (secondary N) is 1. The molecule has 0 spiro atoms. The highest BCUT2D eigenvalue weighted by molar-refractivity contribution is 7.18. The first kappa shape index (κ1) is 19.6. The van der Waals surface area contributed by atoms with E-state index in [1.165, 1.54) is 16.9 Å². The van der Waals surface area contributed by atoms with Gasteiger partial charge >= 0.3 is 5.97 Å². The summed E-state index contributed by atoms with van der Waals surface area (Å²) in [5.74, 6) is -0.321. The third-order valence-corrected chi connectivity index (χ3v) is 5.12. The van der Waals surface area contributed by atoms with Gasteiger partial charge in [-0.2, -0.15) is 0 Å². The number of hydrogen-bond donors (Lipinski definition) is 2. The van der Waals surface area contributed by atoms with Crippen LogP contribution in [0.15, 0.2) is 48.5 Å². The van der Waals surface area contributed by atoms with Crippen LogP contribution < -0.4 is 11.1 Å². The molecule has 1 heterocycles. The number of aromatic nitrogens is 1. The average molecular weight is 395 g/mol. The van der Waals surface area contributed by atoms with E-state index in [0.717, 1.165) is 12.1 Å². The maximum atomic E-state index is 12.7. The molecule has 0 aliphatic carbocycles. The SMILES string of the molecule is CCOC(=O)c1ccc(Nc2nc(N)c(C(=O)c3ccc(CC)cc3)s2)cc1. The number of esters is 1. The summed E-state index contributed by atoms with van der Waals surface area (Å²) >= 11 is 1.20. The highest BCUT2D eigenvalue weighted by Crippen LogP contribution is 2.30. The molecule has 7 heteroatoms. The molecular weight excluding hydrogens is 374 g/mol. The van der Waals surface area contributed by atoms with Crippen LogP contribution in [-0.2, 0) is 11.2 Å². The smallest absolute Gasteiger partial charge is 0.338 e. The zero-order chi connectivity index (χ0) is 20.1. The van der Waals surface area contributed by atoms with Crippen LogP contribution in [0.25, 0.3) is 0 Å². The molecule has 0 bridgehead atoms. The fourth-order valence-electron chi connectivity index (χ4n) is 2.60. The van der Waals surface area contributed by atoms with Crippen molar-refractivity contribution in [1.82, 2.24) is 4.98 Å². The summed E-state index contributed by atoms with van der Waals surface area (Å²) in [4.78, 5) is 29.1. The normalized spacial score (nSPS) is 10.5. The Balaban J connectivity index is 1.74. The first-order chi connectivity index (χ1) is 13.5. The Kier molecular flexibility index (Phi) is 6.06. The lowest BCUT2D eigenvalue weighted by molar-refractivity contribution is 0.0526. The van der Waals surface area contributed by atoms with Gasteiger partial charge in [-0.15, -0.1) is 0 Å². The lowest BCUT2D eigenvalue weighted by atomic mass is 10.1. The van der Waals surface area contributed by atoms with Gasteiger partial charge in [0.25, 0.3) is 0 Å². The number of ether oxygens (including phenoxy) is 1. The minimum absolute atomic E-state index is 0.150. The molecule has 0 radical (unpaired) electrons. The number of anilines is 3. The number of carbonyl (C=O) groups is 2. The lowest BCUT2D eigenvalue weighted by Crippen LogP contribution is -2.04. The Bertz CT molecular complexity index is 979. The minimum Gasteiger partial charge on any atom is -0.462 e. The molecule has 0 amide bonds. The third-order valence-electron chi connectivity index (χ3n) is 4.13. The Morgan fingerprint density at radius 1 is 1.04 bits per heavy atom. The topological polar surface area (TPSA) is 94.3 Å². The van der Waals surface area contributed by atoms with Crippen molar-refractivity contribution in [3.8, 4) is 0 Å². The van der Waals surface area contributed by atoms with Gasteiger partial charge in [0, 0.05) is 11.3 Å². The number of nitrogen functional groups attached to an aromatic ring is 1. The van der Waals surface area contributed by atoms with Gasteiger partial charge in [-0.05, 0) is 43.2 Å². The molecule has 6 nitrogen and oxygen atoms in total. The molecule has 0 unspecified atom stereocenters. The molecule has 0 saturated carbocycles. The quantitative estimate of drug-likeness (QED) is 0.454. The second kappa shape index (κ2) is 8.67. The maximum Gasteiger partial charge on any atom is 0.338 e. The van der Waals surface area contributed by atoms with Gasteiger partial charge in [0.2, 0.25) is 5.78 Å². The number of thiazole rings is 1. The van der Waals surface area contributed by atoms with Crippen molar-refractivity contribution in [2.24, 2.45) is 0 Å². The molecule has 144 valence electrons. The molecule has 3 aromatic rings. The Labute approximate surface area is 167 Å². The van der Waals surface area contributed by atoms with E-state index < -0.39 is 0 Å². The number of benzene rings is 2. The summed E-state index contributed by atoms with van der Waals surface area (Å²) in [5, 5.41) is 3.62. The molecule has 28 heavy (non-hydrogen) atoms. The van der Waals surface area contributed by atoms with Gasteiger partial charge < -0.3 is 15.8 Å². The molecule has 0 aliphatic rings. The molecule has 2 aromatic carbocycles. The number of hydrogen-bond acceptors (Lipinski definition) is 7. The van der Waals surface area contributed by atoms with E-state index in [9.17, 15) is 9.59 Å². The molecule has 0 aliphatic heterocycles. The number of carbonyl (C=O) groups excluding carboxylic acids is 2. The fraction of sp³-hybridized carbons (Fsp3) is 0.190. The third kappa shape index (κ3) is 4.37. The van der Waals surface area contributed by atoms with E-state index in [-0.39, 0.29) is 17.6 Å². The highest BCUT2D eigenvalue weighted by Gasteiger charge is 2.18. The second-order valence-electron chi connectivity index (χ2n) is 6.04. The van der Waals surface area contributed by atoms with Gasteiger partial charge in [-0.3, -0.25) is 4.79 Å². The summed E-state index contributed by atoms with van der Waals surface area (Å²) in [6.07, 6.45) is 0.917. The van der Waals surface area contributed by atoms with Crippen molar-refractivity contribution in [2.45, 2.75) is 20.3 Å². The fourth-order valence-corrected chi connectivity index (χ4v) is 3.47. The van der Waals surface area contributed by atoms with Crippen LogP contribution in [-0.4, -0.2) is 23.3 Å². The van der Waals surface area contributed by atoms with Crippen molar-refractivity contribution in [3.63, 3.8) is 0 Å². The van der Waals surface area contributed by atoms with Crippen LogP contribution in [0.1, 0.15) is 45.0 Å². The first-order valence-corrected chi connectivity index (χ1v) is 9.77. The summed E-state index contributed by atoms with van der Waals surface area (Å²) in [5.41, 5.74) is 8.91. The molecular formula is C21H21N3O3S. The summed E-state index contributed by atoms with van der Waals surface area (Å²) < 4.78 is 4.96. The van der Waals surface area contributed by atoms with E-state index in [1.54, 1.807) is 31.2 Å². The van der Waals surface area contributed by atoms with Crippen LogP contribution in [0.3, 0.4) is 0 Å². The summed E-state index contributed by atoms with van der Waals surface area (Å²) in [6.45, 7) is 4.15. The van der Waals surface area contributed by atoms with Crippen LogP contribution >= 0.6 is 11.3 Å². The number of nitrogens with zero attached hydrogens (tertiary/aromatic N) is 1. The molecule has 3 rings (SSSR count). The number of aryl methyl sites for hydroxylation is 1. The zero-order valence-electron chi connectivity index (χ0n) is 15.7. The summed E-state index contributed by atoms with van der Waals surface area (Å²) in [6, 6.07) is 14.3. The van der Waals surface area contributed by atoms with Crippen molar-refractivity contribution < 1.29 is 14.3 Å². The van der Waals surface area contributed by atoms with Crippen molar-refractivity contribution in [3.05, 3.63) is 70.1 Å². The average Bonchev–Trinajstić information content (AvgIpc) is 3.08. The number of nitrogens with two attached hydrogens (primary N) is 1. The zero-order valence-corrected chi connectivity index (χ0v) is 16.5. The first-order valence-electron chi connectivity index (χ1n) is 8.96. The monoisotopic (exact) mass is 395 g/mol. The standard InChI is InChI=1S/C21H21N3O3S/c1-3-13-5-7-14(8-6-13)17(25)18-19(22)24-21(28-18)23-16-11-9-15(10-12-16)20(26)27-4-2/h5-12H,3-4,22H2,1-2H3,(H,23,24). The largest absolute Gasteiger partial charge is 0.462 e. The van der Waals surface area contributed by atoms with E-state index in [1.807, 2.05) is 24.3 Å². The van der Waals surface area contributed by atoms with Crippen LogP contribution in [0, 0.1) is 0 Å². The van der Waals surface area contributed by atoms with Gasteiger partial charge in [-0.1, -0.05) is 42.5 Å². The van der Waals surface area contributed by atoms with Crippen LogP contribution in [0.4, 0.5) is 16.6 Å². The van der Waals surface area contributed by atoms with Gasteiger partial charge in [0.1, 0.15) is 10.7 Å². The van der Waals surface area contributed by atoms with E-state index in [4.69, 9.17) is 10.5 Å². The van der Waals surface area contributed by atoms with Crippen LogP contribution in [0.2, 0.25) is 0 Å². The van der Waals surface area contributed by atoms with Crippen molar-refractivity contribution >= 4 is 39.7 Å².